The smallest absolute Gasteiger partial charge is 0.254 e. The summed E-state index contributed by atoms with van der Waals surface area (Å²) in [7, 11) is 0. The Morgan fingerprint density at radius 1 is 0.977 bits per heavy atom. The van der Waals surface area contributed by atoms with Gasteiger partial charge >= 0.3 is 0 Å². The third-order valence-electron chi connectivity index (χ3n) is 8.09. The number of carbonyl (C=O) groups is 2. The van der Waals surface area contributed by atoms with Crippen LogP contribution in [0.1, 0.15) is 82.5 Å². The molecule has 3 aromatic rings. The summed E-state index contributed by atoms with van der Waals surface area (Å²) in [5.41, 5.74) is 4.10. The summed E-state index contributed by atoms with van der Waals surface area (Å²) in [5.74, 6) is -2.01. The molecule has 6 nitrogen and oxygen atoms in total. The molecule has 1 aliphatic heterocycles. The largest absolute Gasteiger partial charge is 0.390 e. The molecule has 0 bridgehead atoms. The van der Waals surface area contributed by atoms with Crippen molar-refractivity contribution in [1.29, 1.82) is 0 Å². The molecule has 43 heavy (non-hydrogen) atoms. The van der Waals surface area contributed by atoms with Crippen LogP contribution in [0.3, 0.4) is 0 Å². The average Bonchev–Trinajstić information content (AvgIpc) is 3.44. The van der Waals surface area contributed by atoms with Crippen LogP contribution in [0.2, 0.25) is 0 Å². The molecule has 8 heteroatoms. The summed E-state index contributed by atoms with van der Waals surface area (Å²) in [6, 6.07) is 15.8. The van der Waals surface area contributed by atoms with E-state index in [2.05, 4.69) is 36.6 Å². The van der Waals surface area contributed by atoms with Crippen LogP contribution < -0.4 is 10.6 Å². The van der Waals surface area contributed by atoms with Gasteiger partial charge in [0.15, 0.2) is 0 Å². The Balaban J connectivity index is 1.51. The molecule has 0 aromatic heterocycles. The van der Waals surface area contributed by atoms with Crippen molar-refractivity contribution in [3.63, 3.8) is 0 Å². The lowest BCUT2D eigenvalue weighted by molar-refractivity contribution is 0.0730. The summed E-state index contributed by atoms with van der Waals surface area (Å²) in [5, 5.41) is 17.3. The molecule has 1 fully saturated rings. The highest BCUT2D eigenvalue weighted by Crippen LogP contribution is 2.24. The van der Waals surface area contributed by atoms with Gasteiger partial charge in [0.2, 0.25) is 0 Å². The number of rotatable bonds is 13. The summed E-state index contributed by atoms with van der Waals surface area (Å²) in [6.07, 6.45) is 3.76. The van der Waals surface area contributed by atoms with Crippen molar-refractivity contribution in [2.75, 3.05) is 13.1 Å². The average molecular weight is 592 g/mol. The monoisotopic (exact) mass is 591 g/mol. The lowest BCUT2D eigenvalue weighted by Gasteiger charge is -2.26. The molecule has 0 aliphatic carbocycles. The van der Waals surface area contributed by atoms with Gasteiger partial charge in [-0.3, -0.25) is 9.59 Å². The standard InChI is InChI=1S/C35H43F2N3O3/c1-4-8-31-11-7-12-40(31)35(43)28-14-23(3)13-27(19-28)34(42)39-32(18-26-16-29(36)20-30(37)17-26)33(41)22-38-21-25-10-6-9-24(5-2)15-25/h6,9-10,13-17,19-20,31-33,38,41H,4-5,7-8,11-12,18,21-22H2,1-3H3,(H,39,42)/t31-,32-,33-/m0/s1. The molecule has 230 valence electrons. The second-order valence-corrected chi connectivity index (χ2v) is 11.6. The van der Waals surface area contributed by atoms with Gasteiger partial charge in [0.25, 0.3) is 11.8 Å². The Bertz CT molecular complexity index is 1390. The van der Waals surface area contributed by atoms with Crippen molar-refractivity contribution in [3.8, 4) is 0 Å². The van der Waals surface area contributed by atoms with E-state index in [4.69, 9.17) is 0 Å². The minimum absolute atomic E-state index is 0.0126. The van der Waals surface area contributed by atoms with Crippen LogP contribution in [-0.2, 0) is 19.4 Å². The molecule has 0 unspecified atom stereocenters. The summed E-state index contributed by atoms with van der Waals surface area (Å²) in [4.78, 5) is 28.9. The van der Waals surface area contributed by atoms with E-state index in [1.807, 2.05) is 24.0 Å². The van der Waals surface area contributed by atoms with Gasteiger partial charge in [0.05, 0.1) is 12.1 Å². The minimum Gasteiger partial charge on any atom is -0.390 e. The molecule has 3 N–H and O–H groups in total. The number of nitrogens with zero attached hydrogens (tertiary/aromatic N) is 1. The van der Waals surface area contributed by atoms with Crippen molar-refractivity contribution in [1.82, 2.24) is 15.5 Å². The molecule has 1 aliphatic rings. The predicted molar refractivity (Wildman–Crippen MR) is 165 cm³/mol. The SMILES string of the molecule is CCC[C@H]1CCCN1C(=O)c1cc(C)cc(C(=O)N[C@@H](Cc2cc(F)cc(F)c2)[C@@H](O)CNCc2cccc(CC)c2)c1. The van der Waals surface area contributed by atoms with Crippen molar-refractivity contribution < 1.29 is 23.5 Å². The van der Waals surface area contributed by atoms with Gasteiger partial charge in [-0.25, -0.2) is 8.78 Å². The Hall–Kier alpha value is -3.62. The van der Waals surface area contributed by atoms with E-state index in [0.29, 0.717) is 29.8 Å². The fourth-order valence-corrected chi connectivity index (χ4v) is 5.92. The second kappa shape index (κ2) is 15.2. The highest BCUT2D eigenvalue weighted by molar-refractivity contribution is 6.00. The summed E-state index contributed by atoms with van der Waals surface area (Å²) in [6.45, 7) is 7.39. The molecule has 4 rings (SSSR count). The molecule has 3 atom stereocenters. The van der Waals surface area contributed by atoms with E-state index in [1.54, 1.807) is 18.2 Å². The van der Waals surface area contributed by atoms with Crippen LogP contribution in [0.25, 0.3) is 0 Å². The van der Waals surface area contributed by atoms with Crippen LogP contribution >= 0.6 is 0 Å². The second-order valence-electron chi connectivity index (χ2n) is 11.6. The lowest BCUT2D eigenvalue weighted by atomic mass is 9.99. The summed E-state index contributed by atoms with van der Waals surface area (Å²) < 4.78 is 28.0. The number of carbonyl (C=O) groups excluding carboxylic acids is 2. The maximum atomic E-state index is 14.0. The zero-order chi connectivity index (χ0) is 30.9. The van der Waals surface area contributed by atoms with Crippen LogP contribution in [0.4, 0.5) is 8.78 Å². The van der Waals surface area contributed by atoms with Crippen molar-refractivity contribution >= 4 is 11.8 Å². The maximum Gasteiger partial charge on any atom is 0.254 e. The zero-order valence-corrected chi connectivity index (χ0v) is 25.3. The number of amides is 2. The van der Waals surface area contributed by atoms with Crippen molar-refractivity contribution in [3.05, 3.63) is 106 Å². The molecule has 3 aromatic carbocycles. The van der Waals surface area contributed by atoms with Gasteiger partial charge in [-0.2, -0.15) is 0 Å². The first-order valence-corrected chi connectivity index (χ1v) is 15.3. The molecule has 0 spiro atoms. The van der Waals surface area contributed by atoms with Crippen LogP contribution in [-0.4, -0.2) is 53.1 Å². The van der Waals surface area contributed by atoms with E-state index >= 15 is 0 Å². The van der Waals surface area contributed by atoms with E-state index in [9.17, 15) is 23.5 Å². The highest BCUT2D eigenvalue weighted by Gasteiger charge is 2.29. The lowest BCUT2D eigenvalue weighted by Crippen LogP contribution is -2.48. The summed E-state index contributed by atoms with van der Waals surface area (Å²) >= 11 is 0. The third-order valence-corrected chi connectivity index (χ3v) is 8.09. The normalized spacial score (nSPS) is 16.2. The quantitative estimate of drug-likeness (QED) is 0.237. The van der Waals surface area contributed by atoms with Gasteiger partial charge in [-0.15, -0.1) is 0 Å². The zero-order valence-electron chi connectivity index (χ0n) is 25.3. The molecular weight excluding hydrogens is 548 g/mol. The van der Waals surface area contributed by atoms with Gasteiger partial charge < -0.3 is 20.6 Å². The first kappa shape index (κ1) is 32.3. The molecule has 1 heterocycles. The van der Waals surface area contributed by atoms with Crippen LogP contribution in [0.15, 0.2) is 60.7 Å². The predicted octanol–water partition coefficient (Wildman–Crippen LogP) is 5.73. The van der Waals surface area contributed by atoms with Gasteiger partial charge in [0.1, 0.15) is 11.6 Å². The molecular formula is C35H43F2N3O3. The first-order valence-electron chi connectivity index (χ1n) is 15.3. The van der Waals surface area contributed by atoms with E-state index in [0.717, 1.165) is 49.3 Å². The molecule has 2 amide bonds. The number of nitrogens with one attached hydrogen (secondary N) is 2. The van der Waals surface area contributed by atoms with Crippen LogP contribution in [0, 0.1) is 18.6 Å². The fourth-order valence-electron chi connectivity index (χ4n) is 5.92. The third kappa shape index (κ3) is 8.94. The van der Waals surface area contributed by atoms with E-state index < -0.39 is 29.7 Å². The Labute approximate surface area is 253 Å². The Kier molecular flexibility index (Phi) is 11.4. The fraction of sp³-hybridized carbons (Fsp3) is 0.429. The Morgan fingerprint density at radius 3 is 2.42 bits per heavy atom. The number of aliphatic hydroxyl groups is 1. The van der Waals surface area contributed by atoms with E-state index in [-0.39, 0.29) is 24.9 Å². The first-order chi connectivity index (χ1) is 20.7. The number of aryl methyl sites for hydroxylation is 2. The molecule has 0 saturated carbocycles. The van der Waals surface area contributed by atoms with Crippen molar-refractivity contribution in [2.24, 2.45) is 0 Å². The van der Waals surface area contributed by atoms with Gasteiger partial charge in [0, 0.05) is 42.9 Å². The minimum atomic E-state index is -1.06. The highest BCUT2D eigenvalue weighted by atomic mass is 19.1. The number of aliphatic hydroxyl groups excluding tert-OH is 1. The van der Waals surface area contributed by atoms with Gasteiger partial charge in [-0.1, -0.05) is 44.5 Å². The van der Waals surface area contributed by atoms with E-state index in [1.165, 1.54) is 17.7 Å². The number of hydrogen-bond donors (Lipinski definition) is 3. The van der Waals surface area contributed by atoms with Crippen LogP contribution in [0.5, 0.6) is 0 Å². The van der Waals surface area contributed by atoms with Gasteiger partial charge in [-0.05, 0) is 91.6 Å². The van der Waals surface area contributed by atoms with Crippen molar-refractivity contribution in [2.45, 2.75) is 84.0 Å². The Morgan fingerprint density at radius 2 is 1.70 bits per heavy atom. The topological polar surface area (TPSA) is 81.7 Å². The maximum absolute atomic E-state index is 14.0. The number of halogens is 2. The number of likely N-dealkylation sites (tertiary alicyclic amines) is 1. The molecule has 1 saturated heterocycles. The number of benzene rings is 3. The number of hydrogen-bond acceptors (Lipinski definition) is 4. The molecule has 0 radical (unpaired) electrons.